The second kappa shape index (κ2) is 8.08. The average molecular weight is 372 g/mol. The zero-order valence-corrected chi connectivity index (χ0v) is 18.9. The van der Waals surface area contributed by atoms with Gasteiger partial charge in [-0.3, -0.25) is 0 Å². The molecular formula is C26H45N. The molecule has 0 bridgehead atoms. The van der Waals surface area contributed by atoms with Crippen LogP contribution in [0.5, 0.6) is 0 Å². The molecular weight excluding hydrogens is 326 g/mol. The van der Waals surface area contributed by atoms with Crippen molar-refractivity contribution in [1.29, 1.82) is 5.26 Å². The van der Waals surface area contributed by atoms with Crippen molar-refractivity contribution < 1.29 is 0 Å². The number of hydrogen-bond acceptors (Lipinski definition) is 1. The molecule has 0 radical (unpaired) electrons. The molecule has 1 nitrogen and oxygen atoms in total. The molecule has 4 fully saturated rings. The van der Waals surface area contributed by atoms with Crippen molar-refractivity contribution in [3.63, 3.8) is 0 Å². The van der Waals surface area contributed by atoms with Gasteiger partial charge in [-0.25, -0.2) is 0 Å². The quantitative estimate of drug-likeness (QED) is 0.459. The summed E-state index contributed by atoms with van der Waals surface area (Å²) >= 11 is 0. The highest BCUT2D eigenvalue weighted by Crippen LogP contribution is 2.71. The van der Waals surface area contributed by atoms with Crippen molar-refractivity contribution in [2.75, 3.05) is 0 Å². The van der Waals surface area contributed by atoms with E-state index in [9.17, 15) is 0 Å². The van der Waals surface area contributed by atoms with E-state index in [0.717, 1.165) is 36.5 Å². The number of nitrogens with zero attached hydrogens (tertiary/aromatic N) is 1. The van der Waals surface area contributed by atoms with Crippen LogP contribution in [0.3, 0.4) is 0 Å². The third kappa shape index (κ3) is 3.28. The molecule has 1 heteroatoms. The van der Waals surface area contributed by atoms with Crippen LogP contribution in [0.15, 0.2) is 0 Å². The normalized spacial score (nSPS) is 48.3. The van der Waals surface area contributed by atoms with Gasteiger partial charge in [-0.15, -0.1) is 0 Å². The van der Waals surface area contributed by atoms with Crippen LogP contribution in [0, 0.1) is 51.2 Å². The van der Waals surface area contributed by atoms with E-state index in [1.165, 1.54) is 70.6 Å². The summed E-state index contributed by atoms with van der Waals surface area (Å²) in [6.07, 6.45) is 18.1. The van der Waals surface area contributed by atoms with Gasteiger partial charge in [0.25, 0.3) is 0 Å². The van der Waals surface area contributed by atoms with Crippen LogP contribution in [0.2, 0.25) is 0 Å². The molecule has 154 valence electrons. The molecule has 4 saturated carbocycles. The summed E-state index contributed by atoms with van der Waals surface area (Å²) in [7, 11) is 0. The fraction of sp³-hybridized carbons (Fsp3) is 0.962. The summed E-state index contributed by atoms with van der Waals surface area (Å²) < 4.78 is 0. The molecule has 0 aromatic rings. The van der Waals surface area contributed by atoms with E-state index in [-0.39, 0.29) is 0 Å². The van der Waals surface area contributed by atoms with Crippen molar-refractivity contribution in [3.05, 3.63) is 0 Å². The molecule has 4 aliphatic rings. The van der Waals surface area contributed by atoms with Crippen molar-refractivity contribution in [1.82, 2.24) is 0 Å². The van der Waals surface area contributed by atoms with Crippen LogP contribution in [0.1, 0.15) is 118 Å². The van der Waals surface area contributed by atoms with Gasteiger partial charge in [0.05, 0.1) is 6.07 Å². The van der Waals surface area contributed by atoms with E-state index in [2.05, 4.69) is 26.8 Å². The summed E-state index contributed by atoms with van der Waals surface area (Å²) in [6, 6.07) is 2.37. The van der Waals surface area contributed by atoms with Crippen LogP contribution >= 0.6 is 0 Å². The summed E-state index contributed by atoms with van der Waals surface area (Å²) in [4.78, 5) is 0. The Hall–Kier alpha value is -0.510. The number of rotatable bonds is 3. The first-order valence-electron chi connectivity index (χ1n) is 12.3. The Kier molecular flexibility index (Phi) is 6.35. The van der Waals surface area contributed by atoms with E-state index < -0.39 is 0 Å². The van der Waals surface area contributed by atoms with Gasteiger partial charge in [-0.2, -0.15) is 5.26 Å². The third-order valence-corrected chi connectivity index (χ3v) is 10.4. The van der Waals surface area contributed by atoms with Crippen molar-refractivity contribution in [2.24, 2.45) is 39.9 Å². The number of hydrogen-bond donors (Lipinski definition) is 0. The highest BCUT2D eigenvalue weighted by molar-refractivity contribution is 5.11. The Morgan fingerprint density at radius 1 is 0.852 bits per heavy atom. The minimum atomic E-state index is 0.490. The van der Waals surface area contributed by atoms with Crippen LogP contribution in [-0.4, -0.2) is 0 Å². The van der Waals surface area contributed by atoms with E-state index in [0.29, 0.717) is 16.2 Å². The minimum absolute atomic E-state index is 0.490. The van der Waals surface area contributed by atoms with Crippen molar-refractivity contribution in [2.45, 2.75) is 118 Å². The maximum Gasteiger partial charge on any atom is 0.0621 e. The second-order valence-electron chi connectivity index (χ2n) is 11.0. The SMILES string of the molecule is CC.CC1(CCCC#N)CCC2C3CC[C@@H]4CCCC[C@]4(C)C3CC[C@@]21C. The highest BCUT2D eigenvalue weighted by Gasteiger charge is 2.62. The summed E-state index contributed by atoms with van der Waals surface area (Å²) in [5.74, 6) is 4.04. The fourth-order valence-electron chi connectivity index (χ4n) is 8.63. The summed E-state index contributed by atoms with van der Waals surface area (Å²) in [6.45, 7) is 11.9. The summed E-state index contributed by atoms with van der Waals surface area (Å²) in [5, 5.41) is 8.96. The van der Waals surface area contributed by atoms with Crippen LogP contribution < -0.4 is 0 Å². The first kappa shape index (κ1) is 21.2. The topological polar surface area (TPSA) is 23.8 Å². The molecule has 0 heterocycles. The molecule has 4 aliphatic carbocycles. The van der Waals surface area contributed by atoms with Gasteiger partial charge < -0.3 is 0 Å². The van der Waals surface area contributed by atoms with Crippen molar-refractivity contribution in [3.8, 4) is 6.07 Å². The minimum Gasteiger partial charge on any atom is -0.198 e. The van der Waals surface area contributed by atoms with Crippen LogP contribution in [0.4, 0.5) is 0 Å². The maximum atomic E-state index is 8.96. The molecule has 4 unspecified atom stereocenters. The maximum absolute atomic E-state index is 8.96. The first-order valence-corrected chi connectivity index (χ1v) is 12.3. The first-order chi connectivity index (χ1) is 12.9. The molecule has 0 spiro atoms. The fourth-order valence-corrected chi connectivity index (χ4v) is 8.63. The third-order valence-electron chi connectivity index (χ3n) is 10.4. The monoisotopic (exact) mass is 371 g/mol. The molecule has 7 atom stereocenters. The number of fused-ring (bicyclic) bond motifs is 5. The predicted molar refractivity (Wildman–Crippen MR) is 115 cm³/mol. The lowest BCUT2D eigenvalue weighted by Gasteiger charge is -2.61. The number of nitriles is 1. The molecule has 0 aromatic carbocycles. The molecule has 0 amide bonds. The molecule has 0 aromatic heterocycles. The Labute approximate surface area is 169 Å². The Morgan fingerprint density at radius 2 is 1.59 bits per heavy atom. The molecule has 0 N–H and O–H groups in total. The van der Waals surface area contributed by atoms with E-state index in [1.54, 1.807) is 0 Å². The zero-order chi connectivity index (χ0) is 19.7. The Balaban J connectivity index is 0.00000102. The van der Waals surface area contributed by atoms with Crippen molar-refractivity contribution >= 4 is 0 Å². The predicted octanol–water partition coefficient (Wildman–Crippen LogP) is 8.15. The molecule has 27 heavy (non-hydrogen) atoms. The van der Waals surface area contributed by atoms with Crippen LogP contribution in [0.25, 0.3) is 0 Å². The lowest BCUT2D eigenvalue weighted by Crippen LogP contribution is -2.54. The molecule has 4 rings (SSSR count). The highest BCUT2D eigenvalue weighted by atomic mass is 14.7. The van der Waals surface area contributed by atoms with Gasteiger partial charge >= 0.3 is 0 Å². The largest absolute Gasteiger partial charge is 0.198 e. The summed E-state index contributed by atoms with van der Waals surface area (Å²) in [5.41, 5.74) is 1.70. The average Bonchev–Trinajstić information content (AvgIpc) is 2.94. The molecule has 0 saturated heterocycles. The van der Waals surface area contributed by atoms with E-state index in [1.807, 2.05) is 13.8 Å². The van der Waals surface area contributed by atoms with Gasteiger partial charge in [-0.1, -0.05) is 47.5 Å². The smallest absolute Gasteiger partial charge is 0.0621 e. The lowest BCUT2D eigenvalue weighted by atomic mass is 9.43. The van der Waals surface area contributed by atoms with Gasteiger partial charge in [-0.05, 0) is 104 Å². The van der Waals surface area contributed by atoms with Gasteiger partial charge in [0, 0.05) is 6.42 Å². The standard InChI is InChI=1S/C24H39N.C2H6/c1-22(13-6-7-17-25)15-11-21-19-10-9-18-8-4-5-14-23(18,2)20(19)12-16-24(21,22)3;1-2/h18-21H,4-16H2,1-3H3;1-2H3/t18-,19?,20?,21?,22?,23-,24-;/m0./s1. The van der Waals surface area contributed by atoms with Gasteiger partial charge in [0.15, 0.2) is 0 Å². The van der Waals surface area contributed by atoms with E-state index >= 15 is 0 Å². The zero-order valence-electron chi connectivity index (χ0n) is 18.9. The molecule has 0 aliphatic heterocycles. The lowest BCUT2D eigenvalue weighted by molar-refractivity contribution is -0.124. The van der Waals surface area contributed by atoms with E-state index in [4.69, 9.17) is 5.26 Å². The Morgan fingerprint density at radius 3 is 2.33 bits per heavy atom. The second-order valence-corrected chi connectivity index (χ2v) is 11.0. The Bertz CT molecular complexity index is 547. The van der Waals surface area contributed by atoms with Gasteiger partial charge in [0.2, 0.25) is 0 Å². The number of unbranched alkanes of at least 4 members (excludes halogenated alkanes) is 1. The van der Waals surface area contributed by atoms with Gasteiger partial charge in [0.1, 0.15) is 0 Å². The van der Waals surface area contributed by atoms with Crippen LogP contribution in [-0.2, 0) is 0 Å².